The van der Waals surface area contributed by atoms with Crippen LogP contribution in [0, 0.1) is 10.1 Å². The Hall–Kier alpha value is -2.00. The molecule has 0 N–H and O–H groups in total. The molecule has 2 atom stereocenters. The third-order valence-electron chi connectivity index (χ3n) is 2.69. The predicted octanol–water partition coefficient (Wildman–Crippen LogP) is 0.141. The zero-order valence-corrected chi connectivity index (χ0v) is 10.7. The first-order chi connectivity index (χ1) is 8.89. The van der Waals surface area contributed by atoms with Crippen molar-refractivity contribution in [1.29, 1.82) is 0 Å². The molecule has 2 rings (SSSR count). The summed E-state index contributed by atoms with van der Waals surface area (Å²) in [5.41, 5.74) is -0.516. The van der Waals surface area contributed by atoms with Crippen LogP contribution >= 0.6 is 0 Å². The molecule has 19 heavy (non-hydrogen) atoms. The SMILES string of the molecule is COC(=O)[C@H]1CN1S(=O)(=O)c1ccccc1[N+](=O)[O-]. The summed E-state index contributed by atoms with van der Waals surface area (Å²) >= 11 is 0. The largest absolute Gasteiger partial charge is 0.468 e. The van der Waals surface area contributed by atoms with E-state index in [1.807, 2.05) is 0 Å². The molecule has 1 aromatic carbocycles. The van der Waals surface area contributed by atoms with Crippen molar-refractivity contribution in [2.24, 2.45) is 0 Å². The van der Waals surface area contributed by atoms with Crippen molar-refractivity contribution in [3.8, 4) is 0 Å². The normalized spacial score (nSPS) is 21.7. The number of benzene rings is 1. The van der Waals surface area contributed by atoms with Gasteiger partial charge in [0.15, 0.2) is 4.90 Å². The van der Waals surface area contributed by atoms with Crippen LogP contribution < -0.4 is 0 Å². The van der Waals surface area contributed by atoms with Gasteiger partial charge in [-0.1, -0.05) is 12.1 Å². The van der Waals surface area contributed by atoms with E-state index in [1.54, 1.807) is 0 Å². The van der Waals surface area contributed by atoms with Crippen LogP contribution in [-0.2, 0) is 19.6 Å². The Bertz CT molecular complexity index is 641. The number of hydrogen-bond acceptors (Lipinski definition) is 6. The van der Waals surface area contributed by atoms with Gasteiger partial charge in [0.2, 0.25) is 0 Å². The molecular formula is C10H10N2O6S. The van der Waals surface area contributed by atoms with Gasteiger partial charge in [-0.15, -0.1) is 0 Å². The fourth-order valence-electron chi connectivity index (χ4n) is 1.67. The quantitative estimate of drug-likeness (QED) is 0.337. The van der Waals surface area contributed by atoms with E-state index in [1.165, 1.54) is 12.1 Å². The zero-order chi connectivity index (χ0) is 14.2. The van der Waals surface area contributed by atoms with Gasteiger partial charge >= 0.3 is 5.97 Å². The molecule has 0 aromatic heterocycles. The molecule has 1 saturated heterocycles. The van der Waals surface area contributed by atoms with E-state index in [2.05, 4.69) is 4.74 Å². The highest BCUT2D eigenvalue weighted by Gasteiger charge is 2.51. The summed E-state index contributed by atoms with van der Waals surface area (Å²) in [6.07, 6.45) is 0. The standard InChI is InChI=1S/C10H10N2O6S/c1-18-10(13)8-6-11(8)19(16,17)9-5-3-2-4-7(9)12(14)15/h2-5,8H,6H2,1H3/t8-,11?/m1/s1. The predicted molar refractivity (Wildman–Crippen MR) is 62.8 cm³/mol. The van der Waals surface area contributed by atoms with Gasteiger partial charge in [-0.3, -0.25) is 14.9 Å². The molecule has 1 aliphatic heterocycles. The number of nitrogens with zero attached hydrogens (tertiary/aromatic N) is 2. The molecule has 0 saturated carbocycles. The molecule has 0 aliphatic carbocycles. The number of hydrogen-bond donors (Lipinski definition) is 0. The van der Waals surface area contributed by atoms with Gasteiger partial charge in [0.25, 0.3) is 15.7 Å². The highest BCUT2D eigenvalue weighted by Crippen LogP contribution is 2.33. The molecule has 0 spiro atoms. The average molecular weight is 286 g/mol. The summed E-state index contributed by atoms with van der Waals surface area (Å²) in [4.78, 5) is 20.8. The van der Waals surface area contributed by atoms with E-state index in [0.29, 0.717) is 0 Å². The van der Waals surface area contributed by atoms with Crippen molar-refractivity contribution < 1.29 is 22.9 Å². The minimum Gasteiger partial charge on any atom is -0.468 e. The van der Waals surface area contributed by atoms with Crippen LogP contribution in [0.1, 0.15) is 0 Å². The summed E-state index contributed by atoms with van der Waals surface area (Å²) in [5.74, 6) is -0.679. The van der Waals surface area contributed by atoms with Gasteiger partial charge in [-0.25, -0.2) is 8.42 Å². The lowest BCUT2D eigenvalue weighted by molar-refractivity contribution is -0.387. The second-order valence-electron chi connectivity index (χ2n) is 3.84. The van der Waals surface area contributed by atoms with Crippen molar-refractivity contribution in [2.45, 2.75) is 10.9 Å². The van der Waals surface area contributed by atoms with Gasteiger partial charge in [0, 0.05) is 12.6 Å². The maximum atomic E-state index is 12.2. The van der Waals surface area contributed by atoms with Crippen LogP contribution in [-0.4, -0.2) is 43.3 Å². The maximum Gasteiger partial charge on any atom is 0.325 e. The van der Waals surface area contributed by atoms with Gasteiger partial charge in [-0.05, 0) is 6.07 Å². The number of nitro groups is 1. The molecule has 1 heterocycles. The molecule has 1 aromatic rings. The van der Waals surface area contributed by atoms with Crippen LogP contribution in [0.2, 0.25) is 0 Å². The van der Waals surface area contributed by atoms with Crippen molar-refractivity contribution in [3.63, 3.8) is 0 Å². The first-order valence-electron chi connectivity index (χ1n) is 5.22. The van der Waals surface area contributed by atoms with Gasteiger partial charge in [0.1, 0.15) is 6.04 Å². The molecule has 1 unspecified atom stereocenters. The highest BCUT2D eigenvalue weighted by molar-refractivity contribution is 7.89. The van der Waals surface area contributed by atoms with Crippen molar-refractivity contribution in [2.75, 3.05) is 13.7 Å². The van der Waals surface area contributed by atoms with E-state index in [9.17, 15) is 23.3 Å². The minimum atomic E-state index is -4.05. The highest BCUT2D eigenvalue weighted by atomic mass is 32.2. The number of esters is 1. The molecule has 9 heteroatoms. The second kappa shape index (κ2) is 4.59. The van der Waals surface area contributed by atoms with Crippen molar-refractivity contribution in [3.05, 3.63) is 34.4 Å². The monoisotopic (exact) mass is 286 g/mol. The lowest BCUT2D eigenvalue weighted by Gasteiger charge is -2.06. The lowest BCUT2D eigenvalue weighted by atomic mass is 10.3. The smallest absolute Gasteiger partial charge is 0.325 e. The van der Waals surface area contributed by atoms with Gasteiger partial charge in [0.05, 0.1) is 12.0 Å². The Morgan fingerprint density at radius 1 is 1.47 bits per heavy atom. The fraction of sp³-hybridized carbons (Fsp3) is 0.300. The van der Waals surface area contributed by atoms with E-state index in [4.69, 9.17) is 0 Å². The Labute approximate surface area is 108 Å². The molecular weight excluding hydrogens is 276 g/mol. The van der Waals surface area contributed by atoms with Crippen molar-refractivity contribution >= 4 is 21.7 Å². The Balaban J connectivity index is 2.38. The summed E-state index contributed by atoms with van der Waals surface area (Å²) in [6.45, 7) is -0.0267. The molecule has 1 fully saturated rings. The third kappa shape index (κ3) is 2.29. The number of carbonyl (C=O) groups excluding carboxylic acids is 1. The number of methoxy groups -OCH3 is 1. The average Bonchev–Trinajstić information content (AvgIpc) is 3.18. The molecule has 0 amide bonds. The molecule has 0 radical (unpaired) electrons. The Kier molecular flexibility index (Phi) is 3.25. The lowest BCUT2D eigenvalue weighted by Crippen LogP contribution is -2.21. The van der Waals surface area contributed by atoms with Gasteiger partial charge in [-0.2, -0.15) is 4.31 Å². The van der Waals surface area contributed by atoms with E-state index < -0.39 is 37.5 Å². The summed E-state index contributed by atoms with van der Waals surface area (Å²) < 4.78 is 29.6. The molecule has 102 valence electrons. The maximum absolute atomic E-state index is 12.2. The van der Waals surface area contributed by atoms with Crippen LogP contribution in [0.25, 0.3) is 0 Å². The topological polar surface area (TPSA) is 107 Å². The number of para-hydroxylation sites is 1. The second-order valence-corrected chi connectivity index (χ2v) is 5.70. The molecule has 0 bridgehead atoms. The number of nitro benzene ring substituents is 1. The van der Waals surface area contributed by atoms with E-state index in [-0.39, 0.29) is 6.54 Å². The van der Waals surface area contributed by atoms with Crippen LogP contribution in [0.4, 0.5) is 5.69 Å². The molecule has 1 aliphatic rings. The van der Waals surface area contributed by atoms with Crippen LogP contribution in [0.15, 0.2) is 29.2 Å². The summed E-state index contributed by atoms with van der Waals surface area (Å²) in [7, 11) is -2.91. The third-order valence-corrected chi connectivity index (χ3v) is 4.61. The first-order valence-corrected chi connectivity index (χ1v) is 6.66. The Morgan fingerprint density at radius 3 is 2.68 bits per heavy atom. The molecule has 8 nitrogen and oxygen atoms in total. The number of carbonyl (C=O) groups is 1. The fourth-order valence-corrected chi connectivity index (χ4v) is 3.34. The zero-order valence-electron chi connectivity index (χ0n) is 9.85. The summed E-state index contributed by atoms with van der Waals surface area (Å²) in [6, 6.07) is 4.10. The van der Waals surface area contributed by atoms with Crippen molar-refractivity contribution in [1.82, 2.24) is 4.31 Å². The van der Waals surface area contributed by atoms with Crippen LogP contribution in [0.3, 0.4) is 0 Å². The Morgan fingerprint density at radius 2 is 2.11 bits per heavy atom. The summed E-state index contributed by atoms with van der Waals surface area (Å²) in [5, 5.41) is 10.8. The number of ether oxygens (including phenoxy) is 1. The number of rotatable bonds is 4. The van der Waals surface area contributed by atoms with E-state index in [0.717, 1.165) is 23.5 Å². The number of sulfonamides is 1. The van der Waals surface area contributed by atoms with E-state index >= 15 is 0 Å². The first kappa shape index (κ1) is 13.4. The minimum absolute atomic E-state index is 0.0267. The van der Waals surface area contributed by atoms with Crippen LogP contribution in [0.5, 0.6) is 0 Å². The van der Waals surface area contributed by atoms with Gasteiger partial charge < -0.3 is 4.74 Å².